The number of nitrogens with two attached hydrogens (primary N) is 2. The van der Waals surface area contributed by atoms with Crippen molar-refractivity contribution in [2.45, 2.75) is 26.8 Å². The van der Waals surface area contributed by atoms with Crippen LogP contribution in [-0.2, 0) is 13.0 Å². The Morgan fingerprint density at radius 2 is 1.70 bits per heavy atom. The molecular weight excluding hydrogens is 505 g/mol. The zero-order valence-corrected chi connectivity index (χ0v) is 20.6. The van der Waals surface area contributed by atoms with Gasteiger partial charge in [-0.3, -0.25) is 4.68 Å². The van der Waals surface area contributed by atoms with Gasteiger partial charge in [-0.1, -0.05) is 25.4 Å². The van der Waals surface area contributed by atoms with Crippen molar-refractivity contribution in [3.8, 4) is 17.1 Å². The number of nitrogen functional groups attached to an aromatic ring is 2. The summed E-state index contributed by atoms with van der Waals surface area (Å²) in [6.07, 6.45) is 3.12. The second kappa shape index (κ2) is 9.40. The van der Waals surface area contributed by atoms with E-state index in [-0.39, 0.29) is 29.7 Å². The Morgan fingerprint density at radius 3 is 2.41 bits per heavy atom. The SMILES string of the molecule is CC(C)Cn1cc(-c2c(N)nc(-n3nc(Cc4c(F)ccc(F)c4F)c4cc(Cl)ccc43)nc2N)cn1. The van der Waals surface area contributed by atoms with E-state index in [1.807, 2.05) is 6.20 Å². The molecule has 5 rings (SSSR count). The van der Waals surface area contributed by atoms with Crippen molar-refractivity contribution in [1.29, 1.82) is 0 Å². The summed E-state index contributed by atoms with van der Waals surface area (Å²) in [7, 11) is 0. The first-order valence-corrected chi connectivity index (χ1v) is 11.8. The summed E-state index contributed by atoms with van der Waals surface area (Å²) in [6, 6.07) is 6.47. The Kier molecular flexibility index (Phi) is 6.24. The molecule has 0 bridgehead atoms. The van der Waals surface area contributed by atoms with Gasteiger partial charge in [0.1, 0.15) is 17.5 Å². The highest BCUT2D eigenvalue weighted by Crippen LogP contribution is 2.32. The highest BCUT2D eigenvalue weighted by atomic mass is 35.5. The number of hydrogen-bond acceptors (Lipinski definition) is 6. The molecule has 0 radical (unpaired) electrons. The fraction of sp³-hybridized carbons (Fsp3) is 0.200. The number of benzene rings is 2. The zero-order chi connectivity index (χ0) is 26.4. The van der Waals surface area contributed by atoms with Gasteiger partial charge in [-0.25, -0.2) is 13.2 Å². The van der Waals surface area contributed by atoms with Gasteiger partial charge in [-0.2, -0.15) is 24.8 Å². The number of halogens is 4. The monoisotopic (exact) mass is 526 g/mol. The molecule has 0 spiro atoms. The summed E-state index contributed by atoms with van der Waals surface area (Å²) in [6.45, 7) is 4.87. The molecule has 0 fully saturated rings. The fourth-order valence-electron chi connectivity index (χ4n) is 4.17. The molecule has 0 saturated carbocycles. The van der Waals surface area contributed by atoms with Crippen LogP contribution in [0.4, 0.5) is 24.8 Å². The van der Waals surface area contributed by atoms with Crippen molar-refractivity contribution in [3.63, 3.8) is 0 Å². The minimum atomic E-state index is -1.28. The third kappa shape index (κ3) is 4.57. The number of nitrogens with zero attached hydrogens (tertiary/aromatic N) is 6. The molecule has 4 N–H and O–H groups in total. The molecule has 37 heavy (non-hydrogen) atoms. The standard InChI is InChI=1S/C25H22ClF3N8/c1-12(2)10-36-11-13(9-32-36)21-23(30)33-25(34-24(21)31)37-20-6-3-14(26)7-16(20)19(35-37)8-15-17(27)4-5-18(28)22(15)29/h3-7,9,11-12H,8,10H2,1-2H3,(H4,30,31,33,34). The van der Waals surface area contributed by atoms with Crippen LogP contribution in [-0.4, -0.2) is 29.5 Å². The van der Waals surface area contributed by atoms with Gasteiger partial charge in [-0.05, 0) is 36.2 Å². The molecule has 0 aliphatic carbocycles. The second-order valence-electron chi connectivity index (χ2n) is 9.03. The van der Waals surface area contributed by atoms with Crippen molar-refractivity contribution in [2.75, 3.05) is 11.5 Å². The quantitative estimate of drug-likeness (QED) is 0.295. The van der Waals surface area contributed by atoms with Crippen molar-refractivity contribution in [3.05, 3.63) is 76.5 Å². The van der Waals surface area contributed by atoms with Crippen LogP contribution in [0, 0.1) is 23.4 Å². The van der Waals surface area contributed by atoms with Crippen LogP contribution in [0.1, 0.15) is 25.1 Å². The maximum Gasteiger partial charge on any atom is 0.255 e. The van der Waals surface area contributed by atoms with E-state index in [0.29, 0.717) is 33.0 Å². The Bertz CT molecular complexity index is 1620. The predicted molar refractivity (Wildman–Crippen MR) is 136 cm³/mol. The molecule has 0 aliphatic heterocycles. The third-order valence-electron chi connectivity index (χ3n) is 5.82. The van der Waals surface area contributed by atoms with E-state index in [9.17, 15) is 13.2 Å². The van der Waals surface area contributed by atoms with Crippen molar-refractivity contribution in [1.82, 2.24) is 29.5 Å². The largest absolute Gasteiger partial charge is 0.383 e. The molecule has 0 amide bonds. The first-order valence-electron chi connectivity index (χ1n) is 11.4. The van der Waals surface area contributed by atoms with Gasteiger partial charge in [-0.15, -0.1) is 0 Å². The van der Waals surface area contributed by atoms with Gasteiger partial charge in [0, 0.05) is 40.7 Å². The lowest BCUT2D eigenvalue weighted by Gasteiger charge is -2.09. The molecule has 0 unspecified atom stereocenters. The molecule has 3 aromatic heterocycles. The van der Waals surface area contributed by atoms with Gasteiger partial charge in [0.15, 0.2) is 11.6 Å². The Morgan fingerprint density at radius 1 is 1.00 bits per heavy atom. The van der Waals surface area contributed by atoms with E-state index in [1.165, 1.54) is 4.68 Å². The molecule has 190 valence electrons. The van der Waals surface area contributed by atoms with E-state index < -0.39 is 23.0 Å². The number of fused-ring (bicyclic) bond motifs is 1. The summed E-state index contributed by atoms with van der Waals surface area (Å²) in [5.41, 5.74) is 13.9. The third-order valence-corrected chi connectivity index (χ3v) is 6.05. The van der Waals surface area contributed by atoms with E-state index in [0.717, 1.165) is 18.7 Å². The molecule has 0 saturated heterocycles. The Hall–Kier alpha value is -4.12. The molecule has 8 nitrogen and oxygen atoms in total. The first kappa shape index (κ1) is 24.6. The Labute approximate surface area is 214 Å². The summed E-state index contributed by atoms with van der Waals surface area (Å²) in [5.74, 6) is -2.68. The average molecular weight is 527 g/mol. The fourth-order valence-corrected chi connectivity index (χ4v) is 4.35. The zero-order valence-electron chi connectivity index (χ0n) is 19.9. The lowest BCUT2D eigenvalue weighted by atomic mass is 10.1. The highest BCUT2D eigenvalue weighted by molar-refractivity contribution is 6.31. The molecule has 0 atom stereocenters. The summed E-state index contributed by atoms with van der Waals surface area (Å²) < 4.78 is 45.7. The number of aromatic nitrogens is 6. The highest BCUT2D eigenvalue weighted by Gasteiger charge is 2.22. The minimum Gasteiger partial charge on any atom is -0.383 e. The van der Waals surface area contributed by atoms with Crippen LogP contribution in [0.2, 0.25) is 5.02 Å². The molecule has 5 aromatic rings. The molecule has 3 heterocycles. The second-order valence-corrected chi connectivity index (χ2v) is 9.47. The van der Waals surface area contributed by atoms with Crippen LogP contribution >= 0.6 is 11.6 Å². The van der Waals surface area contributed by atoms with Crippen LogP contribution < -0.4 is 11.5 Å². The lowest BCUT2D eigenvalue weighted by molar-refractivity contribution is 0.482. The maximum atomic E-state index is 14.4. The summed E-state index contributed by atoms with van der Waals surface area (Å²) >= 11 is 6.18. The van der Waals surface area contributed by atoms with Crippen molar-refractivity contribution >= 4 is 34.1 Å². The summed E-state index contributed by atoms with van der Waals surface area (Å²) in [4.78, 5) is 8.80. The van der Waals surface area contributed by atoms with Crippen LogP contribution in [0.3, 0.4) is 0 Å². The minimum absolute atomic E-state index is 0.0482. The summed E-state index contributed by atoms with van der Waals surface area (Å²) in [5, 5.41) is 9.68. The number of anilines is 2. The smallest absolute Gasteiger partial charge is 0.255 e. The lowest BCUT2D eigenvalue weighted by Crippen LogP contribution is -2.10. The molecule has 0 aliphatic rings. The van der Waals surface area contributed by atoms with Gasteiger partial charge >= 0.3 is 0 Å². The normalized spacial score (nSPS) is 11.6. The predicted octanol–water partition coefficient (Wildman–Crippen LogP) is 5.16. The molecule has 12 heteroatoms. The van der Waals surface area contributed by atoms with E-state index in [2.05, 4.69) is 34.0 Å². The van der Waals surface area contributed by atoms with Crippen LogP contribution in [0.5, 0.6) is 0 Å². The van der Waals surface area contributed by atoms with Gasteiger partial charge in [0.25, 0.3) is 5.95 Å². The van der Waals surface area contributed by atoms with Crippen molar-refractivity contribution in [2.24, 2.45) is 5.92 Å². The van der Waals surface area contributed by atoms with Crippen LogP contribution in [0.25, 0.3) is 28.0 Å². The average Bonchev–Trinajstić information content (AvgIpc) is 3.42. The van der Waals surface area contributed by atoms with Gasteiger partial charge < -0.3 is 11.5 Å². The van der Waals surface area contributed by atoms with Gasteiger partial charge in [0.05, 0.1) is 23.0 Å². The van der Waals surface area contributed by atoms with E-state index in [4.69, 9.17) is 23.1 Å². The van der Waals surface area contributed by atoms with E-state index in [1.54, 1.807) is 29.1 Å². The molecular formula is C25H22ClF3N8. The van der Waals surface area contributed by atoms with Crippen LogP contribution in [0.15, 0.2) is 42.7 Å². The van der Waals surface area contributed by atoms with E-state index >= 15 is 0 Å². The van der Waals surface area contributed by atoms with Crippen molar-refractivity contribution < 1.29 is 13.2 Å². The van der Waals surface area contributed by atoms with Gasteiger partial charge in [0.2, 0.25) is 0 Å². The maximum absolute atomic E-state index is 14.4. The number of rotatable bonds is 6. The molecule has 2 aromatic carbocycles. The topological polar surface area (TPSA) is 113 Å². The Balaban J connectivity index is 1.60. The first-order chi connectivity index (χ1) is 17.6. The number of hydrogen-bond donors (Lipinski definition) is 2.